The third-order valence-electron chi connectivity index (χ3n) is 5.42. The summed E-state index contributed by atoms with van der Waals surface area (Å²) in [6.07, 6.45) is 3.55. The molecule has 1 atom stereocenters. The largest absolute Gasteiger partial charge is 0.492 e. The van der Waals surface area contributed by atoms with Crippen LogP contribution in [0.3, 0.4) is 0 Å². The Morgan fingerprint density at radius 3 is 2.65 bits per heavy atom. The molecule has 26 heavy (non-hydrogen) atoms. The number of carbonyl (C=O) groups excluding carboxylic acids is 1. The fraction of sp³-hybridized carbons (Fsp3) is 0.650. The maximum absolute atomic E-state index is 12.6. The van der Waals surface area contributed by atoms with Gasteiger partial charge in [0.25, 0.3) is 0 Å². The molecular weight excluding hydrogens is 350 g/mol. The Labute approximate surface area is 161 Å². The first-order valence-corrected chi connectivity index (χ1v) is 10.1. The van der Waals surface area contributed by atoms with Crippen LogP contribution in [-0.4, -0.2) is 79.1 Å². The van der Waals surface area contributed by atoms with Crippen molar-refractivity contribution in [2.24, 2.45) is 0 Å². The maximum atomic E-state index is 12.6. The van der Waals surface area contributed by atoms with E-state index in [1.54, 1.807) is 0 Å². The van der Waals surface area contributed by atoms with Crippen LogP contribution in [0, 0.1) is 0 Å². The molecule has 0 aliphatic carbocycles. The molecule has 3 rings (SSSR count). The van der Waals surface area contributed by atoms with Crippen molar-refractivity contribution in [1.82, 2.24) is 14.7 Å². The number of ether oxygens (including phenoxy) is 1. The van der Waals surface area contributed by atoms with Crippen LogP contribution in [0.15, 0.2) is 24.3 Å². The van der Waals surface area contributed by atoms with Crippen LogP contribution >= 0.6 is 11.6 Å². The maximum Gasteiger partial charge on any atom is 0.236 e. The zero-order valence-corrected chi connectivity index (χ0v) is 16.5. The summed E-state index contributed by atoms with van der Waals surface area (Å²) in [7, 11) is 0. The lowest BCUT2D eigenvalue weighted by Gasteiger charge is -2.38. The van der Waals surface area contributed by atoms with Crippen molar-refractivity contribution in [3.8, 4) is 5.75 Å². The molecule has 144 valence electrons. The predicted octanol–water partition coefficient (Wildman–Crippen LogP) is 2.74. The Hall–Kier alpha value is -1.30. The molecule has 2 saturated heterocycles. The Kier molecular flexibility index (Phi) is 7.17. The first-order valence-electron chi connectivity index (χ1n) is 9.74. The number of nitrogens with zero attached hydrogens (tertiary/aromatic N) is 3. The van der Waals surface area contributed by atoms with E-state index in [9.17, 15) is 4.79 Å². The molecule has 0 bridgehead atoms. The van der Waals surface area contributed by atoms with E-state index < -0.39 is 0 Å². The van der Waals surface area contributed by atoms with Gasteiger partial charge in [-0.1, -0.05) is 17.7 Å². The number of hydrogen-bond acceptors (Lipinski definition) is 4. The number of carbonyl (C=O) groups is 1. The summed E-state index contributed by atoms with van der Waals surface area (Å²) in [5.41, 5.74) is 0. The van der Waals surface area contributed by atoms with Gasteiger partial charge in [-0.2, -0.15) is 0 Å². The predicted molar refractivity (Wildman–Crippen MR) is 105 cm³/mol. The highest BCUT2D eigenvalue weighted by molar-refractivity contribution is 6.30. The van der Waals surface area contributed by atoms with Crippen LogP contribution in [0.2, 0.25) is 5.02 Å². The Bertz CT molecular complexity index is 590. The molecule has 0 aromatic heterocycles. The Morgan fingerprint density at radius 1 is 1.15 bits per heavy atom. The van der Waals surface area contributed by atoms with E-state index in [2.05, 4.69) is 21.6 Å². The van der Waals surface area contributed by atoms with Crippen LogP contribution in [0.1, 0.15) is 26.2 Å². The fourth-order valence-electron chi connectivity index (χ4n) is 3.77. The van der Waals surface area contributed by atoms with Gasteiger partial charge in [-0.3, -0.25) is 14.6 Å². The molecule has 1 aromatic carbocycles. The molecule has 0 saturated carbocycles. The molecule has 2 fully saturated rings. The number of likely N-dealkylation sites (tertiary alicyclic amines) is 1. The van der Waals surface area contributed by atoms with Crippen molar-refractivity contribution in [1.29, 1.82) is 0 Å². The van der Waals surface area contributed by atoms with E-state index in [0.717, 1.165) is 57.9 Å². The summed E-state index contributed by atoms with van der Waals surface area (Å²) in [4.78, 5) is 19.3. The van der Waals surface area contributed by atoms with Crippen LogP contribution in [0.4, 0.5) is 0 Å². The van der Waals surface area contributed by atoms with Gasteiger partial charge < -0.3 is 9.64 Å². The number of hydrogen-bond donors (Lipinski definition) is 0. The van der Waals surface area contributed by atoms with Gasteiger partial charge in [0, 0.05) is 50.3 Å². The van der Waals surface area contributed by atoms with Crippen molar-refractivity contribution < 1.29 is 9.53 Å². The summed E-state index contributed by atoms with van der Waals surface area (Å²) in [5.74, 6) is 1.12. The van der Waals surface area contributed by atoms with E-state index in [1.165, 1.54) is 6.42 Å². The standard InChI is InChI=1S/C20H30ClN3O2/c1-17-5-2-3-8-24(17)20(25)16-23-11-9-22(10-12-23)13-14-26-19-7-4-6-18(21)15-19/h4,6-7,15,17H,2-3,5,8-14,16H2,1H3. The minimum Gasteiger partial charge on any atom is -0.492 e. The topological polar surface area (TPSA) is 36.0 Å². The van der Waals surface area contributed by atoms with Gasteiger partial charge >= 0.3 is 0 Å². The van der Waals surface area contributed by atoms with E-state index in [0.29, 0.717) is 30.1 Å². The number of benzene rings is 1. The first-order chi connectivity index (χ1) is 12.6. The molecule has 1 unspecified atom stereocenters. The van der Waals surface area contributed by atoms with Crippen LogP contribution in [0.25, 0.3) is 0 Å². The second-order valence-electron chi connectivity index (χ2n) is 7.36. The molecular formula is C20H30ClN3O2. The summed E-state index contributed by atoms with van der Waals surface area (Å²) in [6, 6.07) is 7.92. The zero-order valence-electron chi connectivity index (χ0n) is 15.7. The van der Waals surface area contributed by atoms with E-state index in [1.807, 2.05) is 24.3 Å². The molecule has 6 heteroatoms. The zero-order chi connectivity index (χ0) is 18.4. The fourth-order valence-corrected chi connectivity index (χ4v) is 3.95. The average molecular weight is 380 g/mol. The lowest BCUT2D eigenvalue weighted by molar-refractivity contribution is -0.136. The quantitative estimate of drug-likeness (QED) is 0.761. The van der Waals surface area contributed by atoms with Crippen LogP contribution < -0.4 is 4.74 Å². The number of rotatable bonds is 6. The molecule has 1 amide bonds. The number of amides is 1. The van der Waals surface area contributed by atoms with Crippen molar-refractivity contribution in [2.75, 3.05) is 52.4 Å². The number of piperidine rings is 1. The highest BCUT2D eigenvalue weighted by Crippen LogP contribution is 2.18. The highest BCUT2D eigenvalue weighted by Gasteiger charge is 2.26. The second kappa shape index (κ2) is 9.58. The van der Waals surface area contributed by atoms with Gasteiger partial charge in [0.2, 0.25) is 5.91 Å². The molecule has 2 aliphatic rings. The average Bonchev–Trinajstić information content (AvgIpc) is 2.63. The molecule has 0 N–H and O–H groups in total. The smallest absolute Gasteiger partial charge is 0.236 e. The number of piperazine rings is 1. The summed E-state index contributed by atoms with van der Waals surface area (Å²) >= 11 is 5.97. The van der Waals surface area contributed by atoms with Gasteiger partial charge in [0.1, 0.15) is 12.4 Å². The minimum absolute atomic E-state index is 0.301. The van der Waals surface area contributed by atoms with E-state index >= 15 is 0 Å². The lowest BCUT2D eigenvalue weighted by Crippen LogP contribution is -2.52. The van der Waals surface area contributed by atoms with Crippen molar-refractivity contribution in [3.63, 3.8) is 0 Å². The van der Waals surface area contributed by atoms with Gasteiger partial charge in [0.05, 0.1) is 6.54 Å². The molecule has 0 spiro atoms. The lowest BCUT2D eigenvalue weighted by atomic mass is 10.0. The Balaban J connectivity index is 1.34. The summed E-state index contributed by atoms with van der Waals surface area (Å²) in [5, 5.41) is 0.698. The van der Waals surface area contributed by atoms with Gasteiger partial charge in [-0.25, -0.2) is 0 Å². The SMILES string of the molecule is CC1CCCCN1C(=O)CN1CCN(CCOc2cccc(Cl)c2)CC1. The van der Waals surface area contributed by atoms with Gasteiger partial charge in [-0.15, -0.1) is 0 Å². The molecule has 5 nitrogen and oxygen atoms in total. The van der Waals surface area contributed by atoms with Gasteiger partial charge in [-0.05, 0) is 44.4 Å². The number of halogens is 1. The molecule has 0 radical (unpaired) electrons. The third-order valence-corrected chi connectivity index (χ3v) is 5.65. The summed E-state index contributed by atoms with van der Waals surface area (Å²) in [6.45, 7) is 9.11. The molecule has 1 aromatic rings. The van der Waals surface area contributed by atoms with E-state index in [-0.39, 0.29) is 0 Å². The molecule has 2 heterocycles. The van der Waals surface area contributed by atoms with Gasteiger partial charge in [0.15, 0.2) is 0 Å². The normalized spacial score (nSPS) is 22.4. The van der Waals surface area contributed by atoms with Crippen LogP contribution in [0.5, 0.6) is 5.75 Å². The van der Waals surface area contributed by atoms with Crippen molar-refractivity contribution in [3.05, 3.63) is 29.3 Å². The van der Waals surface area contributed by atoms with Crippen molar-refractivity contribution in [2.45, 2.75) is 32.2 Å². The third kappa shape index (κ3) is 5.60. The van der Waals surface area contributed by atoms with Crippen molar-refractivity contribution >= 4 is 17.5 Å². The summed E-state index contributed by atoms with van der Waals surface area (Å²) < 4.78 is 5.77. The van der Waals surface area contributed by atoms with E-state index in [4.69, 9.17) is 16.3 Å². The van der Waals surface area contributed by atoms with Crippen LogP contribution in [-0.2, 0) is 4.79 Å². The highest BCUT2D eigenvalue weighted by atomic mass is 35.5. The minimum atomic E-state index is 0.301. The molecule has 2 aliphatic heterocycles. The Morgan fingerprint density at radius 2 is 1.92 bits per heavy atom. The first kappa shape index (κ1) is 19.5. The monoisotopic (exact) mass is 379 g/mol. The second-order valence-corrected chi connectivity index (χ2v) is 7.79.